The molecule has 0 saturated heterocycles. The van der Waals surface area contributed by atoms with Gasteiger partial charge in [0, 0.05) is 17.9 Å². The quantitative estimate of drug-likeness (QED) is 0.659. The first kappa shape index (κ1) is 15.1. The van der Waals surface area contributed by atoms with Crippen molar-refractivity contribution < 1.29 is 5.11 Å². The van der Waals surface area contributed by atoms with Crippen molar-refractivity contribution in [2.45, 2.75) is 19.3 Å². The molecule has 0 amide bonds. The molecular formula is C20H20O. The minimum Gasteiger partial charge on any atom is -0.395 e. The topological polar surface area (TPSA) is 20.2 Å². The summed E-state index contributed by atoms with van der Waals surface area (Å²) in [5, 5.41) is 9.55. The summed E-state index contributed by atoms with van der Waals surface area (Å²) in [6.45, 7) is 2.19. The summed E-state index contributed by atoms with van der Waals surface area (Å²) in [5.41, 5.74) is 3.41. The molecule has 106 valence electrons. The van der Waals surface area contributed by atoms with Crippen LogP contribution in [0.15, 0.2) is 66.7 Å². The van der Waals surface area contributed by atoms with E-state index in [0.717, 1.165) is 5.56 Å². The highest BCUT2D eigenvalue weighted by atomic mass is 16.3. The molecule has 1 atom stereocenters. The Kier molecular flexibility index (Phi) is 5.82. The van der Waals surface area contributed by atoms with Gasteiger partial charge in [0.2, 0.25) is 0 Å². The number of benzene rings is 2. The summed E-state index contributed by atoms with van der Waals surface area (Å²) in [7, 11) is 0. The molecule has 2 aromatic rings. The predicted octanol–water partition coefficient (Wildman–Crippen LogP) is 4.07. The smallest absolute Gasteiger partial charge is 0.0534 e. The van der Waals surface area contributed by atoms with Crippen molar-refractivity contribution in [3.8, 4) is 11.8 Å². The van der Waals surface area contributed by atoms with Crippen molar-refractivity contribution in [3.05, 3.63) is 83.4 Å². The lowest BCUT2D eigenvalue weighted by Crippen LogP contribution is -2.02. The Balaban J connectivity index is 1.97. The van der Waals surface area contributed by atoms with Crippen molar-refractivity contribution in [2.24, 2.45) is 0 Å². The van der Waals surface area contributed by atoms with Crippen molar-refractivity contribution in [3.63, 3.8) is 0 Å². The van der Waals surface area contributed by atoms with E-state index in [2.05, 4.69) is 30.9 Å². The third kappa shape index (κ3) is 4.63. The highest BCUT2D eigenvalue weighted by Gasteiger charge is 2.08. The zero-order valence-corrected chi connectivity index (χ0v) is 12.3. The Hall–Kier alpha value is -2.30. The van der Waals surface area contributed by atoms with E-state index in [0.29, 0.717) is 6.42 Å². The van der Waals surface area contributed by atoms with Gasteiger partial charge in [0.05, 0.1) is 6.61 Å². The van der Waals surface area contributed by atoms with Crippen LogP contribution in [0.1, 0.15) is 29.0 Å². The molecule has 0 aliphatic carbocycles. The molecule has 0 spiro atoms. The lowest BCUT2D eigenvalue weighted by molar-refractivity contribution is 0.283. The van der Waals surface area contributed by atoms with Gasteiger partial charge in [0.1, 0.15) is 0 Å². The highest BCUT2D eigenvalue weighted by Crippen LogP contribution is 2.20. The van der Waals surface area contributed by atoms with Gasteiger partial charge in [-0.3, -0.25) is 0 Å². The fourth-order valence-electron chi connectivity index (χ4n) is 2.23. The van der Waals surface area contributed by atoms with Gasteiger partial charge in [-0.15, -0.1) is 0 Å². The Morgan fingerprint density at radius 3 is 2.48 bits per heavy atom. The molecule has 2 rings (SSSR count). The number of hydrogen-bond acceptors (Lipinski definition) is 1. The van der Waals surface area contributed by atoms with Crippen LogP contribution in [0.25, 0.3) is 0 Å². The number of rotatable bonds is 4. The standard InChI is InChI=1S/C20H20O/c1-17-10-8-9-15-20(17)19(16-21)14-7-3-6-13-18-11-4-2-5-12-18/h2,4-5,7-12,14-15,19,21H,3,16H2,1H3/b14-7-/t19-/m1/s1. The molecule has 0 heterocycles. The van der Waals surface area contributed by atoms with Crippen LogP contribution in [0.3, 0.4) is 0 Å². The number of aliphatic hydroxyl groups excluding tert-OH is 1. The normalized spacial score (nSPS) is 11.9. The summed E-state index contributed by atoms with van der Waals surface area (Å²) in [5.74, 6) is 6.30. The van der Waals surface area contributed by atoms with Gasteiger partial charge in [0.15, 0.2) is 0 Å². The second-order valence-electron chi connectivity index (χ2n) is 4.95. The fraction of sp³-hybridized carbons (Fsp3) is 0.200. The summed E-state index contributed by atoms with van der Waals surface area (Å²) in [6, 6.07) is 18.1. The summed E-state index contributed by atoms with van der Waals surface area (Å²) in [6.07, 6.45) is 4.77. The van der Waals surface area contributed by atoms with Gasteiger partial charge < -0.3 is 5.11 Å². The van der Waals surface area contributed by atoms with E-state index in [4.69, 9.17) is 0 Å². The van der Waals surface area contributed by atoms with E-state index in [9.17, 15) is 5.11 Å². The molecule has 0 aliphatic heterocycles. The summed E-state index contributed by atoms with van der Waals surface area (Å²) < 4.78 is 0. The first-order chi connectivity index (χ1) is 10.3. The minimum absolute atomic E-state index is 0.0460. The number of aryl methyl sites for hydroxylation is 1. The zero-order valence-electron chi connectivity index (χ0n) is 12.3. The van der Waals surface area contributed by atoms with Crippen LogP contribution < -0.4 is 0 Å². The van der Waals surface area contributed by atoms with Crippen LogP contribution in [-0.2, 0) is 0 Å². The maximum Gasteiger partial charge on any atom is 0.0534 e. The second-order valence-corrected chi connectivity index (χ2v) is 4.95. The average Bonchev–Trinajstić information content (AvgIpc) is 2.53. The Bertz CT molecular complexity index is 644. The van der Waals surface area contributed by atoms with E-state index < -0.39 is 0 Å². The lowest BCUT2D eigenvalue weighted by Gasteiger charge is -2.12. The molecule has 1 heteroatoms. The van der Waals surface area contributed by atoms with Crippen LogP contribution in [0.5, 0.6) is 0 Å². The third-order valence-electron chi connectivity index (χ3n) is 3.38. The van der Waals surface area contributed by atoms with Crippen molar-refractivity contribution >= 4 is 0 Å². The maximum absolute atomic E-state index is 9.55. The van der Waals surface area contributed by atoms with Crippen molar-refractivity contribution in [1.82, 2.24) is 0 Å². The molecule has 0 bridgehead atoms. The van der Waals surface area contributed by atoms with Gasteiger partial charge >= 0.3 is 0 Å². The fourth-order valence-corrected chi connectivity index (χ4v) is 2.23. The third-order valence-corrected chi connectivity index (χ3v) is 3.38. The molecule has 2 aromatic carbocycles. The Morgan fingerprint density at radius 2 is 1.76 bits per heavy atom. The van der Waals surface area contributed by atoms with Gasteiger partial charge in [-0.25, -0.2) is 0 Å². The summed E-state index contributed by atoms with van der Waals surface area (Å²) >= 11 is 0. The molecule has 0 saturated carbocycles. The van der Waals surface area contributed by atoms with Crippen LogP contribution in [0.4, 0.5) is 0 Å². The van der Waals surface area contributed by atoms with Crippen LogP contribution in [-0.4, -0.2) is 11.7 Å². The van der Waals surface area contributed by atoms with E-state index in [-0.39, 0.29) is 12.5 Å². The van der Waals surface area contributed by atoms with Gasteiger partial charge in [-0.2, -0.15) is 0 Å². The Morgan fingerprint density at radius 1 is 1.05 bits per heavy atom. The SMILES string of the molecule is Cc1ccccc1[C@H](/C=C\CC#Cc1ccccc1)CO. The van der Waals surface area contributed by atoms with Crippen molar-refractivity contribution in [2.75, 3.05) is 6.61 Å². The zero-order chi connectivity index (χ0) is 14.9. The van der Waals surface area contributed by atoms with E-state index in [1.54, 1.807) is 0 Å². The molecule has 1 nitrogen and oxygen atoms in total. The molecule has 1 N–H and O–H groups in total. The maximum atomic E-state index is 9.55. The number of aliphatic hydroxyl groups is 1. The van der Waals surface area contributed by atoms with Gasteiger partial charge in [-0.1, -0.05) is 66.5 Å². The molecule has 0 aliphatic rings. The molecule has 0 radical (unpaired) electrons. The molecule has 0 aromatic heterocycles. The lowest BCUT2D eigenvalue weighted by atomic mass is 9.95. The van der Waals surface area contributed by atoms with Crippen LogP contribution >= 0.6 is 0 Å². The van der Waals surface area contributed by atoms with Crippen molar-refractivity contribution in [1.29, 1.82) is 0 Å². The minimum atomic E-state index is 0.0460. The van der Waals surface area contributed by atoms with E-state index >= 15 is 0 Å². The van der Waals surface area contributed by atoms with E-state index in [1.165, 1.54) is 11.1 Å². The largest absolute Gasteiger partial charge is 0.395 e. The number of allylic oxidation sites excluding steroid dienone is 1. The Labute approximate surface area is 127 Å². The van der Waals surface area contributed by atoms with Crippen LogP contribution in [0, 0.1) is 18.8 Å². The molecule has 0 unspecified atom stereocenters. The van der Waals surface area contributed by atoms with Crippen LogP contribution in [0.2, 0.25) is 0 Å². The van der Waals surface area contributed by atoms with Gasteiger partial charge in [-0.05, 0) is 30.2 Å². The van der Waals surface area contributed by atoms with Gasteiger partial charge in [0.25, 0.3) is 0 Å². The highest BCUT2D eigenvalue weighted by molar-refractivity contribution is 5.35. The average molecular weight is 276 g/mol. The monoisotopic (exact) mass is 276 g/mol. The first-order valence-corrected chi connectivity index (χ1v) is 7.18. The van der Waals surface area contributed by atoms with E-state index in [1.807, 2.05) is 54.6 Å². The molecule has 0 fully saturated rings. The number of hydrogen-bond donors (Lipinski definition) is 1. The summed E-state index contributed by atoms with van der Waals surface area (Å²) in [4.78, 5) is 0. The second kappa shape index (κ2) is 8.09. The predicted molar refractivity (Wildman–Crippen MR) is 88.1 cm³/mol. The molecular weight excluding hydrogens is 256 g/mol. The first-order valence-electron chi connectivity index (χ1n) is 7.18. The molecule has 21 heavy (non-hydrogen) atoms.